The molecule has 1 amide bonds. The van der Waals surface area contributed by atoms with E-state index in [1.54, 1.807) is 13.0 Å². The summed E-state index contributed by atoms with van der Waals surface area (Å²) in [5, 5.41) is 0. The highest BCUT2D eigenvalue weighted by atomic mass is 16.1. The van der Waals surface area contributed by atoms with E-state index in [1.807, 2.05) is 0 Å². The summed E-state index contributed by atoms with van der Waals surface area (Å²) in [6, 6.07) is 1.66. The molecular formula is C7H9N3O. The Hall–Kier alpha value is -1.58. The number of amides is 1. The van der Waals surface area contributed by atoms with Crippen molar-refractivity contribution in [3.05, 3.63) is 23.5 Å². The molecule has 0 bridgehead atoms. The van der Waals surface area contributed by atoms with Gasteiger partial charge in [0.05, 0.1) is 11.9 Å². The van der Waals surface area contributed by atoms with Crippen molar-refractivity contribution < 1.29 is 4.79 Å². The Kier molecular flexibility index (Phi) is 1.76. The van der Waals surface area contributed by atoms with Crippen LogP contribution in [0, 0.1) is 6.92 Å². The second-order valence-electron chi connectivity index (χ2n) is 2.30. The van der Waals surface area contributed by atoms with Gasteiger partial charge in [0, 0.05) is 0 Å². The molecule has 0 aromatic carbocycles. The number of pyridine rings is 1. The minimum absolute atomic E-state index is 0.277. The molecule has 58 valence electrons. The lowest BCUT2D eigenvalue weighted by Crippen LogP contribution is -2.14. The first kappa shape index (κ1) is 7.53. The maximum absolute atomic E-state index is 10.7. The Balaban J connectivity index is 3.20. The predicted molar refractivity (Wildman–Crippen MR) is 41.9 cm³/mol. The van der Waals surface area contributed by atoms with Gasteiger partial charge in [-0.1, -0.05) is 0 Å². The third-order valence-electron chi connectivity index (χ3n) is 1.33. The molecule has 1 aromatic heterocycles. The molecule has 4 nitrogen and oxygen atoms in total. The van der Waals surface area contributed by atoms with Crippen LogP contribution in [0.25, 0.3) is 0 Å². The second kappa shape index (κ2) is 2.57. The Morgan fingerprint density at radius 3 is 2.73 bits per heavy atom. The van der Waals surface area contributed by atoms with E-state index in [2.05, 4.69) is 4.98 Å². The van der Waals surface area contributed by atoms with Crippen molar-refractivity contribution in [3.8, 4) is 0 Å². The van der Waals surface area contributed by atoms with Gasteiger partial charge < -0.3 is 11.5 Å². The quantitative estimate of drug-likeness (QED) is 0.595. The third kappa shape index (κ3) is 1.46. The van der Waals surface area contributed by atoms with Gasteiger partial charge in [-0.2, -0.15) is 0 Å². The number of primary amides is 1. The van der Waals surface area contributed by atoms with Crippen LogP contribution in [-0.4, -0.2) is 10.9 Å². The number of rotatable bonds is 1. The summed E-state index contributed by atoms with van der Waals surface area (Å²) in [6.07, 6.45) is 1.41. The lowest BCUT2D eigenvalue weighted by Gasteiger charge is -1.99. The zero-order valence-electron chi connectivity index (χ0n) is 6.16. The van der Waals surface area contributed by atoms with Crippen LogP contribution < -0.4 is 11.5 Å². The van der Waals surface area contributed by atoms with Gasteiger partial charge in [-0.25, -0.2) is 4.98 Å². The Morgan fingerprint density at radius 1 is 1.64 bits per heavy atom. The maximum Gasteiger partial charge on any atom is 0.267 e. The van der Waals surface area contributed by atoms with Gasteiger partial charge in [0.2, 0.25) is 0 Å². The molecule has 4 N–H and O–H groups in total. The number of nitrogens with zero attached hydrogens (tertiary/aromatic N) is 1. The molecule has 0 spiro atoms. The summed E-state index contributed by atoms with van der Waals surface area (Å²) in [7, 11) is 0. The summed E-state index contributed by atoms with van der Waals surface area (Å²) >= 11 is 0. The third-order valence-corrected chi connectivity index (χ3v) is 1.33. The summed E-state index contributed by atoms with van der Waals surface area (Å²) in [6.45, 7) is 1.74. The number of aromatic nitrogens is 1. The fraction of sp³-hybridized carbons (Fsp3) is 0.143. The minimum Gasteiger partial charge on any atom is -0.397 e. The van der Waals surface area contributed by atoms with Crippen molar-refractivity contribution in [3.63, 3.8) is 0 Å². The van der Waals surface area contributed by atoms with Crippen molar-refractivity contribution >= 4 is 11.6 Å². The highest BCUT2D eigenvalue weighted by molar-refractivity contribution is 5.92. The number of hydrogen-bond acceptors (Lipinski definition) is 3. The van der Waals surface area contributed by atoms with Crippen molar-refractivity contribution in [2.24, 2.45) is 5.73 Å². The van der Waals surface area contributed by atoms with Crippen molar-refractivity contribution in [2.45, 2.75) is 6.92 Å². The fourth-order valence-corrected chi connectivity index (χ4v) is 0.854. The Morgan fingerprint density at radius 2 is 2.27 bits per heavy atom. The molecule has 0 fully saturated rings. The molecule has 0 atom stereocenters. The standard InChI is InChI=1S/C7H9N3O/c1-4-2-5(8)3-10-6(4)7(9)11/h2-3H,8H2,1H3,(H2,9,11). The fourth-order valence-electron chi connectivity index (χ4n) is 0.854. The average Bonchev–Trinajstić information content (AvgIpc) is 1.85. The van der Waals surface area contributed by atoms with Crippen LogP contribution in [-0.2, 0) is 0 Å². The zero-order valence-corrected chi connectivity index (χ0v) is 6.16. The Bertz CT molecular complexity index is 296. The number of aryl methyl sites for hydroxylation is 1. The topological polar surface area (TPSA) is 82.0 Å². The first-order valence-corrected chi connectivity index (χ1v) is 3.13. The highest BCUT2D eigenvalue weighted by Gasteiger charge is 2.04. The lowest BCUT2D eigenvalue weighted by molar-refractivity contribution is 0.0995. The molecule has 0 saturated carbocycles. The second-order valence-corrected chi connectivity index (χ2v) is 2.30. The van der Waals surface area contributed by atoms with E-state index in [-0.39, 0.29) is 5.69 Å². The molecule has 0 aliphatic carbocycles. The lowest BCUT2D eigenvalue weighted by atomic mass is 10.2. The molecule has 0 aliphatic rings. The first-order valence-electron chi connectivity index (χ1n) is 3.13. The van der Waals surface area contributed by atoms with Crippen LogP contribution in [0.4, 0.5) is 5.69 Å². The van der Waals surface area contributed by atoms with Gasteiger partial charge in [-0.15, -0.1) is 0 Å². The number of carbonyl (C=O) groups excluding carboxylic acids is 1. The SMILES string of the molecule is Cc1cc(N)cnc1C(N)=O. The van der Waals surface area contributed by atoms with E-state index in [0.717, 1.165) is 0 Å². The van der Waals surface area contributed by atoms with Gasteiger partial charge in [0.15, 0.2) is 0 Å². The molecular weight excluding hydrogens is 142 g/mol. The molecule has 0 aliphatic heterocycles. The summed E-state index contributed by atoms with van der Waals surface area (Å²) in [4.78, 5) is 14.4. The number of anilines is 1. The monoisotopic (exact) mass is 151 g/mol. The van der Waals surface area contributed by atoms with Crippen LogP contribution in [0.5, 0.6) is 0 Å². The van der Waals surface area contributed by atoms with Crippen LogP contribution in [0.2, 0.25) is 0 Å². The average molecular weight is 151 g/mol. The predicted octanol–water partition coefficient (Wildman–Crippen LogP) is 0.0711. The van der Waals surface area contributed by atoms with Gasteiger partial charge in [0.1, 0.15) is 5.69 Å². The molecule has 0 unspecified atom stereocenters. The van der Waals surface area contributed by atoms with Gasteiger partial charge in [-0.05, 0) is 18.6 Å². The molecule has 4 heteroatoms. The van der Waals surface area contributed by atoms with Crippen molar-refractivity contribution in [1.82, 2.24) is 4.98 Å². The Labute approximate surface area is 64.2 Å². The number of hydrogen-bond donors (Lipinski definition) is 2. The van der Waals surface area contributed by atoms with E-state index < -0.39 is 5.91 Å². The van der Waals surface area contributed by atoms with Crippen LogP contribution in [0.1, 0.15) is 16.1 Å². The molecule has 1 rings (SSSR count). The number of nitrogens with two attached hydrogens (primary N) is 2. The molecule has 1 aromatic rings. The maximum atomic E-state index is 10.7. The zero-order chi connectivity index (χ0) is 8.43. The van der Waals surface area contributed by atoms with E-state index in [4.69, 9.17) is 11.5 Å². The van der Waals surface area contributed by atoms with Crippen LogP contribution in [0.15, 0.2) is 12.3 Å². The number of nitrogen functional groups attached to an aromatic ring is 1. The largest absolute Gasteiger partial charge is 0.397 e. The first-order chi connectivity index (χ1) is 5.11. The molecule has 1 heterocycles. The summed E-state index contributed by atoms with van der Waals surface area (Å²) in [5.41, 5.74) is 12.0. The smallest absolute Gasteiger partial charge is 0.267 e. The van der Waals surface area contributed by atoms with E-state index in [0.29, 0.717) is 11.3 Å². The van der Waals surface area contributed by atoms with Crippen molar-refractivity contribution in [1.29, 1.82) is 0 Å². The molecule has 0 saturated heterocycles. The van der Waals surface area contributed by atoms with E-state index in [1.165, 1.54) is 6.20 Å². The normalized spacial score (nSPS) is 9.55. The summed E-state index contributed by atoms with van der Waals surface area (Å²) < 4.78 is 0. The molecule has 0 radical (unpaired) electrons. The van der Waals surface area contributed by atoms with E-state index in [9.17, 15) is 4.79 Å². The van der Waals surface area contributed by atoms with E-state index >= 15 is 0 Å². The van der Waals surface area contributed by atoms with Gasteiger partial charge in [0.25, 0.3) is 5.91 Å². The van der Waals surface area contributed by atoms with Gasteiger partial charge in [-0.3, -0.25) is 4.79 Å². The van der Waals surface area contributed by atoms with Crippen LogP contribution >= 0.6 is 0 Å². The van der Waals surface area contributed by atoms with Gasteiger partial charge >= 0.3 is 0 Å². The summed E-state index contributed by atoms with van der Waals surface area (Å²) in [5.74, 6) is -0.525. The molecule has 11 heavy (non-hydrogen) atoms. The highest BCUT2D eigenvalue weighted by Crippen LogP contribution is 2.07. The van der Waals surface area contributed by atoms with Crippen LogP contribution in [0.3, 0.4) is 0 Å². The minimum atomic E-state index is -0.525. The van der Waals surface area contributed by atoms with Crippen molar-refractivity contribution in [2.75, 3.05) is 5.73 Å². The number of carbonyl (C=O) groups is 1.